The molecule has 1 aliphatic rings. The number of carbonyl (C=O) groups is 1. The van der Waals surface area contributed by atoms with Crippen LogP contribution in [0.3, 0.4) is 0 Å². The standard InChI is InChI=1S/C12H17N5O4/c13-10-2-1-9(17(19)20)12(15-10)14-4-3-11(18)16-5-7-21-8-6-16/h1-2H,3-8H2,(H3,13,14,15). The Kier molecular flexibility index (Phi) is 4.88. The summed E-state index contributed by atoms with van der Waals surface area (Å²) in [4.78, 5) is 27.9. The van der Waals surface area contributed by atoms with Crippen LogP contribution < -0.4 is 11.1 Å². The molecular formula is C12H17N5O4. The molecule has 0 aromatic carbocycles. The topological polar surface area (TPSA) is 124 Å². The van der Waals surface area contributed by atoms with Gasteiger partial charge in [-0.05, 0) is 6.07 Å². The van der Waals surface area contributed by atoms with Gasteiger partial charge < -0.3 is 20.7 Å². The lowest BCUT2D eigenvalue weighted by molar-refractivity contribution is -0.384. The highest BCUT2D eigenvalue weighted by molar-refractivity contribution is 5.77. The van der Waals surface area contributed by atoms with Gasteiger partial charge in [-0.1, -0.05) is 0 Å². The van der Waals surface area contributed by atoms with E-state index in [1.165, 1.54) is 12.1 Å². The smallest absolute Gasteiger partial charge is 0.311 e. The Bertz CT molecular complexity index is 530. The van der Waals surface area contributed by atoms with Crippen molar-refractivity contribution >= 4 is 23.2 Å². The highest BCUT2D eigenvalue weighted by Gasteiger charge is 2.18. The van der Waals surface area contributed by atoms with E-state index in [-0.39, 0.29) is 36.2 Å². The van der Waals surface area contributed by atoms with E-state index < -0.39 is 4.92 Å². The quantitative estimate of drug-likeness (QED) is 0.588. The van der Waals surface area contributed by atoms with Crippen LogP contribution in [0, 0.1) is 10.1 Å². The second-order valence-corrected chi connectivity index (χ2v) is 4.53. The summed E-state index contributed by atoms with van der Waals surface area (Å²) in [6.45, 7) is 2.50. The first kappa shape index (κ1) is 15.0. The van der Waals surface area contributed by atoms with Crippen molar-refractivity contribution in [3.05, 3.63) is 22.2 Å². The number of rotatable bonds is 5. The Balaban J connectivity index is 1.89. The van der Waals surface area contributed by atoms with Crippen LogP contribution in [0.2, 0.25) is 0 Å². The number of hydrogen-bond donors (Lipinski definition) is 2. The Labute approximate surface area is 121 Å². The number of nitro groups is 1. The van der Waals surface area contributed by atoms with Crippen LogP contribution in [0.15, 0.2) is 12.1 Å². The van der Waals surface area contributed by atoms with E-state index >= 15 is 0 Å². The van der Waals surface area contributed by atoms with Crippen LogP contribution in [-0.4, -0.2) is 53.6 Å². The molecule has 9 nitrogen and oxygen atoms in total. The summed E-state index contributed by atoms with van der Waals surface area (Å²) in [7, 11) is 0. The highest BCUT2D eigenvalue weighted by Crippen LogP contribution is 2.22. The SMILES string of the molecule is Nc1ccc([N+](=O)[O-])c(NCCC(=O)N2CCOCC2)n1. The number of carbonyl (C=O) groups excluding carboxylic acids is 1. The zero-order chi connectivity index (χ0) is 15.2. The third-order valence-electron chi connectivity index (χ3n) is 3.09. The number of nitrogens with two attached hydrogens (primary N) is 1. The molecular weight excluding hydrogens is 278 g/mol. The fraction of sp³-hybridized carbons (Fsp3) is 0.500. The van der Waals surface area contributed by atoms with Gasteiger partial charge in [0, 0.05) is 32.1 Å². The number of ether oxygens (including phenoxy) is 1. The molecule has 1 saturated heterocycles. The van der Waals surface area contributed by atoms with E-state index in [2.05, 4.69) is 10.3 Å². The van der Waals surface area contributed by atoms with Crippen LogP contribution in [0.1, 0.15) is 6.42 Å². The van der Waals surface area contributed by atoms with Crippen molar-refractivity contribution in [1.29, 1.82) is 0 Å². The Morgan fingerprint density at radius 2 is 2.19 bits per heavy atom. The first-order valence-electron chi connectivity index (χ1n) is 6.58. The molecule has 1 fully saturated rings. The average Bonchev–Trinajstić information content (AvgIpc) is 2.48. The van der Waals surface area contributed by atoms with Crippen LogP contribution in [0.25, 0.3) is 0 Å². The van der Waals surface area contributed by atoms with Crippen molar-refractivity contribution < 1.29 is 14.5 Å². The molecule has 0 spiro atoms. The maximum atomic E-state index is 11.9. The van der Waals surface area contributed by atoms with Crippen molar-refractivity contribution in [3.8, 4) is 0 Å². The van der Waals surface area contributed by atoms with Gasteiger partial charge in [0.15, 0.2) is 0 Å². The molecule has 0 aliphatic carbocycles. The summed E-state index contributed by atoms with van der Waals surface area (Å²) in [6, 6.07) is 2.65. The van der Waals surface area contributed by atoms with Crippen LogP contribution in [0.4, 0.5) is 17.3 Å². The summed E-state index contributed by atoms with van der Waals surface area (Å²) >= 11 is 0. The molecule has 0 atom stereocenters. The lowest BCUT2D eigenvalue weighted by Gasteiger charge is -2.26. The maximum Gasteiger partial charge on any atom is 0.311 e. The second-order valence-electron chi connectivity index (χ2n) is 4.53. The summed E-state index contributed by atoms with van der Waals surface area (Å²) in [5.41, 5.74) is 5.35. The largest absolute Gasteiger partial charge is 0.384 e. The van der Waals surface area contributed by atoms with E-state index in [1.807, 2.05) is 0 Å². The minimum Gasteiger partial charge on any atom is -0.384 e. The fourth-order valence-electron chi connectivity index (χ4n) is 2.00. The van der Waals surface area contributed by atoms with Crippen LogP contribution in [0.5, 0.6) is 0 Å². The molecule has 0 unspecified atom stereocenters. The van der Waals surface area contributed by atoms with Gasteiger partial charge in [-0.3, -0.25) is 14.9 Å². The predicted molar refractivity (Wildman–Crippen MR) is 75.8 cm³/mol. The summed E-state index contributed by atoms with van der Waals surface area (Å²) in [6.07, 6.45) is 0.230. The number of pyridine rings is 1. The monoisotopic (exact) mass is 295 g/mol. The van der Waals surface area contributed by atoms with Crippen LogP contribution >= 0.6 is 0 Å². The number of anilines is 2. The molecule has 3 N–H and O–H groups in total. The minimum absolute atomic E-state index is 0.0163. The van der Waals surface area contributed by atoms with E-state index in [9.17, 15) is 14.9 Å². The first-order valence-corrected chi connectivity index (χ1v) is 6.58. The molecule has 1 aromatic rings. The molecule has 0 bridgehead atoms. The van der Waals surface area contributed by atoms with Crippen molar-refractivity contribution in [2.24, 2.45) is 0 Å². The molecule has 1 amide bonds. The summed E-state index contributed by atoms with van der Waals surface area (Å²) < 4.78 is 5.17. The normalized spacial score (nSPS) is 14.8. The predicted octanol–water partition coefficient (Wildman–Crippen LogP) is 0.233. The number of nitrogens with zero attached hydrogens (tertiary/aromatic N) is 3. The van der Waals surface area contributed by atoms with Gasteiger partial charge >= 0.3 is 5.69 Å². The van der Waals surface area contributed by atoms with Crippen molar-refractivity contribution in [2.45, 2.75) is 6.42 Å². The summed E-state index contributed by atoms with van der Waals surface area (Å²) in [5.74, 6) is 0.245. The van der Waals surface area contributed by atoms with Gasteiger partial charge in [-0.25, -0.2) is 4.98 Å². The van der Waals surface area contributed by atoms with Gasteiger partial charge in [-0.15, -0.1) is 0 Å². The zero-order valence-electron chi connectivity index (χ0n) is 11.4. The lowest BCUT2D eigenvalue weighted by atomic mass is 10.3. The number of amides is 1. The van der Waals surface area contributed by atoms with E-state index in [0.29, 0.717) is 26.3 Å². The third kappa shape index (κ3) is 4.02. The fourth-order valence-corrected chi connectivity index (χ4v) is 2.00. The molecule has 2 heterocycles. The van der Waals surface area contributed by atoms with E-state index in [0.717, 1.165) is 0 Å². The molecule has 114 valence electrons. The Hall–Kier alpha value is -2.42. The van der Waals surface area contributed by atoms with Crippen molar-refractivity contribution in [1.82, 2.24) is 9.88 Å². The Morgan fingerprint density at radius 1 is 1.48 bits per heavy atom. The number of nitrogens with one attached hydrogen (secondary N) is 1. The number of hydrogen-bond acceptors (Lipinski definition) is 7. The zero-order valence-corrected chi connectivity index (χ0v) is 11.4. The van der Waals surface area contributed by atoms with Gasteiger partial charge in [0.1, 0.15) is 5.82 Å². The van der Waals surface area contributed by atoms with E-state index in [1.54, 1.807) is 4.90 Å². The highest BCUT2D eigenvalue weighted by atomic mass is 16.6. The van der Waals surface area contributed by atoms with Crippen LogP contribution in [-0.2, 0) is 9.53 Å². The Morgan fingerprint density at radius 3 is 2.86 bits per heavy atom. The second kappa shape index (κ2) is 6.84. The van der Waals surface area contributed by atoms with E-state index in [4.69, 9.17) is 10.5 Å². The summed E-state index contributed by atoms with van der Waals surface area (Å²) in [5, 5.41) is 13.7. The van der Waals surface area contributed by atoms with Gasteiger partial charge in [0.05, 0.1) is 18.1 Å². The molecule has 9 heteroatoms. The van der Waals surface area contributed by atoms with Gasteiger partial charge in [0.25, 0.3) is 0 Å². The molecule has 0 saturated carbocycles. The number of aromatic nitrogens is 1. The first-order chi connectivity index (χ1) is 10.1. The molecule has 1 aliphatic heterocycles. The van der Waals surface area contributed by atoms with Gasteiger partial charge in [-0.2, -0.15) is 0 Å². The van der Waals surface area contributed by atoms with Crippen molar-refractivity contribution in [3.63, 3.8) is 0 Å². The number of morpholine rings is 1. The lowest BCUT2D eigenvalue weighted by Crippen LogP contribution is -2.41. The van der Waals surface area contributed by atoms with Crippen molar-refractivity contribution in [2.75, 3.05) is 43.9 Å². The van der Waals surface area contributed by atoms with Gasteiger partial charge in [0.2, 0.25) is 11.7 Å². The molecule has 21 heavy (non-hydrogen) atoms. The molecule has 1 aromatic heterocycles. The maximum absolute atomic E-state index is 11.9. The minimum atomic E-state index is -0.543. The number of nitrogen functional groups attached to an aromatic ring is 1. The average molecular weight is 295 g/mol. The molecule has 0 radical (unpaired) electrons. The molecule has 2 rings (SSSR count). The third-order valence-corrected chi connectivity index (χ3v) is 3.09.